The molecule has 0 aliphatic rings. The second-order valence-corrected chi connectivity index (χ2v) is 10.2. The van der Waals surface area contributed by atoms with Gasteiger partial charge < -0.3 is 15.2 Å². The standard InChI is InChI=1S/C17H30Br2N5O5P/c1-3-6-14(25)7-4-5-8-15-16(22(2)17(21-15)24(26)27)13-29-30(20,28)23(11-9-18)12-10-19/h5,8,14,25H,3-4,6-7,9-13H2,1-2H3,(H2,20,28)/b8-5+. The molecule has 0 fully saturated rings. The molecule has 2 atom stereocenters. The summed E-state index contributed by atoms with van der Waals surface area (Å²) in [7, 11) is -2.10. The average Bonchev–Trinajstić information content (AvgIpc) is 2.99. The van der Waals surface area contributed by atoms with E-state index >= 15 is 0 Å². The van der Waals surface area contributed by atoms with Crippen molar-refractivity contribution in [3.63, 3.8) is 0 Å². The van der Waals surface area contributed by atoms with Crippen LogP contribution in [-0.4, -0.2) is 54.1 Å². The maximum Gasteiger partial charge on any atom is 0.435 e. The van der Waals surface area contributed by atoms with Crippen molar-refractivity contribution >= 4 is 51.6 Å². The van der Waals surface area contributed by atoms with Crippen molar-refractivity contribution in [2.45, 2.75) is 45.3 Å². The topological polar surface area (TPSA) is 137 Å². The Balaban J connectivity index is 2.99. The summed E-state index contributed by atoms with van der Waals surface area (Å²) in [5.74, 6) is -0.344. The van der Waals surface area contributed by atoms with Crippen molar-refractivity contribution in [2.75, 3.05) is 23.7 Å². The number of aliphatic hydroxyl groups is 1. The Labute approximate surface area is 193 Å². The highest BCUT2D eigenvalue weighted by atomic mass is 79.9. The summed E-state index contributed by atoms with van der Waals surface area (Å²) >= 11 is 6.60. The van der Waals surface area contributed by atoms with Crippen LogP contribution in [0.5, 0.6) is 0 Å². The van der Waals surface area contributed by atoms with Gasteiger partial charge in [-0.15, -0.1) is 0 Å². The molecule has 0 spiro atoms. The summed E-state index contributed by atoms with van der Waals surface area (Å²) in [5, 5.41) is 22.2. The van der Waals surface area contributed by atoms with Gasteiger partial charge in [0.2, 0.25) is 0 Å². The smallest absolute Gasteiger partial charge is 0.393 e. The fraction of sp³-hybridized carbons (Fsp3) is 0.706. The number of hydrogen-bond donors (Lipinski definition) is 2. The summed E-state index contributed by atoms with van der Waals surface area (Å²) in [5.41, 5.74) is 6.69. The molecule has 0 aliphatic heterocycles. The van der Waals surface area contributed by atoms with Crippen LogP contribution in [0.1, 0.15) is 44.0 Å². The molecule has 1 rings (SSSR count). The maximum absolute atomic E-state index is 12.9. The Hall–Kier alpha value is -0.620. The first-order valence-electron chi connectivity index (χ1n) is 9.63. The first-order valence-corrected chi connectivity index (χ1v) is 13.5. The molecule has 0 amide bonds. The van der Waals surface area contributed by atoms with Gasteiger partial charge in [-0.05, 0) is 30.3 Å². The van der Waals surface area contributed by atoms with Gasteiger partial charge in [-0.25, -0.2) is 14.7 Å². The molecule has 0 bridgehead atoms. The van der Waals surface area contributed by atoms with E-state index in [4.69, 9.17) is 10.0 Å². The molecule has 3 N–H and O–H groups in total. The van der Waals surface area contributed by atoms with Crippen molar-refractivity contribution < 1.29 is 19.1 Å². The monoisotopic (exact) mass is 573 g/mol. The van der Waals surface area contributed by atoms with Crippen LogP contribution >= 0.6 is 39.5 Å². The predicted octanol–water partition coefficient (Wildman–Crippen LogP) is 3.96. The van der Waals surface area contributed by atoms with Crippen molar-refractivity contribution in [1.82, 2.24) is 14.2 Å². The number of alkyl halides is 2. The number of aliphatic hydroxyl groups excluding tert-OH is 1. The Kier molecular flexibility index (Phi) is 12.5. The molecule has 0 saturated carbocycles. The molecule has 1 heterocycles. The lowest BCUT2D eigenvalue weighted by atomic mass is 10.1. The molecular formula is C17H30Br2N5O5P. The molecule has 10 nitrogen and oxygen atoms in total. The van der Waals surface area contributed by atoms with Crippen LogP contribution in [-0.2, 0) is 22.7 Å². The van der Waals surface area contributed by atoms with Crippen molar-refractivity contribution in [3.8, 4) is 0 Å². The van der Waals surface area contributed by atoms with Gasteiger partial charge in [-0.3, -0.25) is 9.09 Å². The van der Waals surface area contributed by atoms with E-state index < -0.39 is 12.6 Å². The number of nitrogens with zero attached hydrogens (tertiary/aromatic N) is 4. The zero-order valence-electron chi connectivity index (χ0n) is 17.2. The molecule has 0 aliphatic carbocycles. The molecule has 0 radical (unpaired) electrons. The van der Waals surface area contributed by atoms with Crippen LogP contribution in [0.4, 0.5) is 5.95 Å². The number of aromatic nitrogens is 2. The third-order valence-electron chi connectivity index (χ3n) is 4.41. The van der Waals surface area contributed by atoms with Gasteiger partial charge in [0.25, 0.3) is 0 Å². The lowest BCUT2D eigenvalue weighted by molar-refractivity contribution is -0.396. The molecule has 172 valence electrons. The number of rotatable bonds is 15. The number of nitro groups is 1. The first kappa shape index (κ1) is 27.4. The minimum atomic E-state index is -3.60. The number of halogens is 2. The number of nitrogens with two attached hydrogens (primary N) is 1. The lowest BCUT2D eigenvalue weighted by Gasteiger charge is -2.26. The second kappa shape index (κ2) is 13.7. The highest BCUT2D eigenvalue weighted by Crippen LogP contribution is 2.43. The van der Waals surface area contributed by atoms with Crippen LogP contribution in [0, 0.1) is 10.1 Å². The van der Waals surface area contributed by atoms with Gasteiger partial charge in [-0.1, -0.05) is 56.3 Å². The molecule has 0 saturated heterocycles. The van der Waals surface area contributed by atoms with E-state index in [0.717, 1.165) is 12.8 Å². The predicted molar refractivity (Wildman–Crippen MR) is 125 cm³/mol. The summed E-state index contributed by atoms with van der Waals surface area (Å²) in [6.45, 7) is 2.67. The van der Waals surface area contributed by atoms with Gasteiger partial charge in [0.15, 0.2) is 5.69 Å². The Morgan fingerprint density at radius 1 is 1.40 bits per heavy atom. The summed E-state index contributed by atoms with van der Waals surface area (Å²) in [4.78, 5) is 14.8. The Bertz CT molecular complexity index is 755. The van der Waals surface area contributed by atoms with Crippen molar-refractivity contribution in [2.24, 2.45) is 12.6 Å². The molecule has 30 heavy (non-hydrogen) atoms. The molecule has 0 aromatic carbocycles. The van der Waals surface area contributed by atoms with E-state index in [2.05, 4.69) is 36.8 Å². The van der Waals surface area contributed by atoms with Crippen molar-refractivity contribution in [1.29, 1.82) is 0 Å². The van der Waals surface area contributed by atoms with Crippen LogP contribution in [0.15, 0.2) is 6.08 Å². The zero-order valence-corrected chi connectivity index (χ0v) is 21.3. The molecule has 1 aromatic heterocycles. The minimum absolute atomic E-state index is 0.190. The van der Waals surface area contributed by atoms with Gasteiger partial charge in [0.05, 0.1) is 13.2 Å². The van der Waals surface area contributed by atoms with Crippen LogP contribution in [0.2, 0.25) is 0 Å². The van der Waals surface area contributed by atoms with E-state index in [0.29, 0.717) is 48.0 Å². The highest BCUT2D eigenvalue weighted by molar-refractivity contribution is 9.09. The normalized spacial score (nSPS) is 15.0. The van der Waals surface area contributed by atoms with Gasteiger partial charge in [-0.2, -0.15) is 0 Å². The van der Waals surface area contributed by atoms with E-state index in [9.17, 15) is 19.8 Å². The van der Waals surface area contributed by atoms with Gasteiger partial charge >= 0.3 is 13.6 Å². The molecule has 2 unspecified atom stereocenters. The fourth-order valence-electron chi connectivity index (χ4n) is 2.79. The van der Waals surface area contributed by atoms with Crippen LogP contribution in [0.25, 0.3) is 6.08 Å². The van der Waals surface area contributed by atoms with E-state index in [-0.39, 0.29) is 18.7 Å². The van der Waals surface area contributed by atoms with Gasteiger partial charge in [0, 0.05) is 23.7 Å². The summed E-state index contributed by atoms with van der Waals surface area (Å²) in [6.07, 6.45) is 5.91. The first-order chi connectivity index (χ1) is 14.2. The Morgan fingerprint density at radius 3 is 2.57 bits per heavy atom. The van der Waals surface area contributed by atoms with Crippen molar-refractivity contribution in [3.05, 3.63) is 27.6 Å². The number of allylic oxidation sites excluding steroid dienone is 1. The quantitative estimate of drug-likeness (QED) is 0.139. The van der Waals surface area contributed by atoms with E-state index in [1.807, 2.05) is 6.92 Å². The average molecular weight is 575 g/mol. The van der Waals surface area contributed by atoms with E-state index in [1.165, 1.54) is 16.3 Å². The third kappa shape index (κ3) is 8.49. The molecule has 1 aromatic rings. The highest BCUT2D eigenvalue weighted by Gasteiger charge is 2.30. The number of imidazole rings is 1. The lowest BCUT2D eigenvalue weighted by Crippen LogP contribution is -2.29. The second-order valence-electron chi connectivity index (χ2n) is 6.65. The maximum atomic E-state index is 12.9. The van der Waals surface area contributed by atoms with Crippen LogP contribution < -0.4 is 5.50 Å². The fourth-order valence-corrected chi connectivity index (χ4v) is 5.42. The Morgan fingerprint density at radius 2 is 2.03 bits per heavy atom. The minimum Gasteiger partial charge on any atom is -0.393 e. The van der Waals surface area contributed by atoms with Gasteiger partial charge in [0.1, 0.15) is 12.3 Å². The summed E-state index contributed by atoms with van der Waals surface area (Å²) < 4.78 is 21.2. The molecule has 13 heteroatoms. The number of hydrogen-bond acceptors (Lipinski definition) is 6. The SMILES string of the molecule is CCCC(O)CC/C=C/c1nc([N+](=O)[O-])n(C)c1COP(N)(=O)N(CCBr)CCBr. The van der Waals surface area contributed by atoms with Crippen LogP contribution in [0.3, 0.4) is 0 Å². The molecular weight excluding hydrogens is 545 g/mol. The summed E-state index contributed by atoms with van der Waals surface area (Å²) in [6, 6.07) is 0. The third-order valence-corrected chi connectivity index (χ3v) is 6.81. The largest absolute Gasteiger partial charge is 0.435 e. The van der Waals surface area contributed by atoms with E-state index in [1.54, 1.807) is 12.2 Å². The zero-order chi connectivity index (χ0) is 22.7.